The van der Waals surface area contributed by atoms with Gasteiger partial charge in [0.05, 0.1) is 7.11 Å². The number of halogens is 1. The van der Waals surface area contributed by atoms with Gasteiger partial charge in [-0.3, -0.25) is 9.52 Å². The van der Waals surface area contributed by atoms with Crippen molar-refractivity contribution in [1.29, 1.82) is 0 Å². The van der Waals surface area contributed by atoms with E-state index in [-0.39, 0.29) is 16.6 Å². The lowest BCUT2D eigenvalue weighted by Gasteiger charge is -2.13. The number of sulfonamides is 1. The number of hydrogen-bond acceptors (Lipinski definition) is 4. The molecule has 0 aliphatic carbocycles. The highest BCUT2D eigenvalue weighted by Crippen LogP contribution is 2.29. The summed E-state index contributed by atoms with van der Waals surface area (Å²) in [6.07, 6.45) is 0. The molecular weight excluding hydrogens is 340 g/mol. The van der Waals surface area contributed by atoms with Crippen LogP contribution >= 0.6 is 11.6 Å². The number of methoxy groups -OCH3 is 1. The molecule has 0 aliphatic rings. The van der Waals surface area contributed by atoms with Crippen LogP contribution in [0.15, 0.2) is 47.4 Å². The van der Waals surface area contributed by atoms with Crippen molar-refractivity contribution < 1.29 is 17.9 Å². The fourth-order valence-corrected chi connectivity index (χ4v) is 3.28. The summed E-state index contributed by atoms with van der Waals surface area (Å²) < 4.78 is 32.7. The fourth-order valence-electron chi connectivity index (χ4n) is 1.90. The fraction of sp³-hybridized carbons (Fsp3) is 0.133. The van der Waals surface area contributed by atoms with Crippen molar-refractivity contribution in [2.45, 2.75) is 11.8 Å². The topological polar surface area (TPSA) is 84.5 Å². The minimum atomic E-state index is -3.90. The van der Waals surface area contributed by atoms with Gasteiger partial charge in [0, 0.05) is 23.3 Å². The quantitative estimate of drug-likeness (QED) is 0.864. The van der Waals surface area contributed by atoms with Gasteiger partial charge in [-0.25, -0.2) is 8.42 Å². The molecule has 2 rings (SSSR count). The maximum absolute atomic E-state index is 12.6. The van der Waals surface area contributed by atoms with Gasteiger partial charge in [-0.05, 0) is 42.5 Å². The van der Waals surface area contributed by atoms with Crippen LogP contribution in [0.4, 0.5) is 11.4 Å². The minimum absolute atomic E-state index is 0.0822. The number of amides is 1. The van der Waals surface area contributed by atoms with Crippen LogP contribution in [0, 0.1) is 0 Å². The van der Waals surface area contributed by atoms with Crippen LogP contribution in [0.3, 0.4) is 0 Å². The van der Waals surface area contributed by atoms with E-state index in [1.165, 1.54) is 26.2 Å². The first-order valence-corrected chi connectivity index (χ1v) is 8.42. The average molecular weight is 355 g/mol. The SMILES string of the molecule is COc1ccc(NC(C)=O)cc1S(=O)(=O)Nc1ccc(Cl)cc1. The zero-order chi connectivity index (χ0) is 17.0. The lowest BCUT2D eigenvalue weighted by atomic mass is 10.3. The van der Waals surface area contributed by atoms with E-state index in [4.69, 9.17) is 16.3 Å². The largest absolute Gasteiger partial charge is 0.495 e. The van der Waals surface area contributed by atoms with Gasteiger partial charge in [-0.1, -0.05) is 11.6 Å². The molecule has 1 amide bonds. The second kappa shape index (κ2) is 6.89. The molecule has 0 atom stereocenters. The van der Waals surface area contributed by atoms with Crippen LogP contribution in [0.25, 0.3) is 0 Å². The summed E-state index contributed by atoms with van der Waals surface area (Å²) in [7, 11) is -2.53. The number of hydrogen-bond donors (Lipinski definition) is 2. The van der Waals surface area contributed by atoms with Crippen LogP contribution in [-0.2, 0) is 14.8 Å². The molecular formula is C15H15ClN2O4S. The van der Waals surface area contributed by atoms with Crippen molar-refractivity contribution in [2.24, 2.45) is 0 Å². The molecule has 8 heteroatoms. The van der Waals surface area contributed by atoms with Gasteiger partial charge >= 0.3 is 0 Å². The van der Waals surface area contributed by atoms with E-state index in [9.17, 15) is 13.2 Å². The second-order valence-corrected chi connectivity index (χ2v) is 6.75. The predicted molar refractivity (Wildman–Crippen MR) is 89.6 cm³/mol. The summed E-state index contributed by atoms with van der Waals surface area (Å²) in [4.78, 5) is 11.0. The molecule has 6 nitrogen and oxygen atoms in total. The molecule has 2 N–H and O–H groups in total. The van der Waals surface area contributed by atoms with Gasteiger partial charge in [0.15, 0.2) is 0 Å². The molecule has 0 bridgehead atoms. The normalized spacial score (nSPS) is 10.9. The zero-order valence-electron chi connectivity index (χ0n) is 12.5. The predicted octanol–water partition coefficient (Wildman–Crippen LogP) is 3.11. The Balaban J connectivity index is 2.40. The van der Waals surface area contributed by atoms with Gasteiger partial charge in [-0.2, -0.15) is 0 Å². The van der Waals surface area contributed by atoms with Crippen molar-refractivity contribution in [3.63, 3.8) is 0 Å². The zero-order valence-corrected chi connectivity index (χ0v) is 14.0. The van der Waals surface area contributed by atoms with Crippen LogP contribution in [0.2, 0.25) is 5.02 Å². The molecule has 0 spiro atoms. The summed E-state index contributed by atoms with van der Waals surface area (Å²) in [6.45, 7) is 1.34. The monoisotopic (exact) mass is 354 g/mol. The van der Waals surface area contributed by atoms with Gasteiger partial charge in [-0.15, -0.1) is 0 Å². The number of ether oxygens (including phenoxy) is 1. The third-order valence-corrected chi connectivity index (χ3v) is 4.52. The number of nitrogens with one attached hydrogen (secondary N) is 2. The first-order valence-electron chi connectivity index (χ1n) is 6.56. The average Bonchev–Trinajstić information content (AvgIpc) is 2.49. The number of anilines is 2. The van der Waals surface area contributed by atoms with Crippen molar-refractivity contribution >= 4 is 38.9 Å². The highest BCUT2D eigenvalue weighted by Gasteiger charge is 2.20. The van der Waals surface area contributed by atoms with E-state index < -0.39 is 10.0 Å². The van der Waals surface area contributed by atoms with E-state index in [2.05, 4.69) is 10.0 Å². The molecule has 0 saturated carbocycles. The molecule has 0 fully saturated rings. The standard InChI is InChI=1S/C15H15ClN2O4S/c1-10(19)17-13-7-8-14(22-2)15(9-13)23(20,21)18-12-5-3-11(16)4-6-12/h3-9,18H,1-2H3,(H,17,19). The Morgan fingerprint density at radius 1 is 1.09 bits per heavy atom. The highest BCUT2D eigenvalue weighted by molar-refractivity contribution is 7.92. The number of benzene rings is 2. The highest BCUT2D eigenvalue weighted by atomic mass is 35.5. The van der Waals surface area contributed by atoms with E-state index in [0.717, 1.165) is 0 Å². The lowest BCUT2D eigenvalue weighted by Crippen LogP contribution is -2.15. The first kappa shape index (κ1) is 17.1. The third kappa shape index (κ3) is 4.37. The maximum Gasteiger partial charge on any atom is 0.265 e. The Kier molecular flexibility index (Phi) is 5.12. The Morgan fingerprint density at radius 2 is 1.70 bits per heavy atom. The van der Waals surface area contributed by atoms with E-state index in [1.807, 2.05) is 0 Å². The summed E-state index contributed by atoms with van der Waals surface area (Å²) >= 11 is 5.78. The molecule has 2 aromatic carbocycles. The summed E-state index contributed by atoms with van der Waals surface area (Å²) in [5, 5.41) is 3.03. The molecule has 0 saturated heterocycles. The number of carbonyl (C=O) groups excluding carboxylic acids is 1. The van der Waals surface area contributed by atoms with E-state index in [1.54, 1.807) is 30.3 Å². The molecule has 23 heavy (non-hydrogen) atoms. The molecule has 0 unspecified atom stereocenters. The Hall–Kier alpha value is -2.25. The third-order valence-electron chi connectivity index (χ3n) is 2.87. The van der Waals surface area contributed by atoms with E-state index >= 15 is 0 Å². The molecule has 0 aromatic heterocycles. The van der Waals surface area contributed by atoms with Crippen molar-refractivity contribution in [3.05, 3.63) is 47.5 Å². The van der Waals surface area contributed by atoms with E-state index in [0.29, 0.717) is 16.4 Å². The van der Waals surface area contributed by atoms with Gasteiger partial charge in [0.25, 0.3) is 10.0 Å². The summed E-state index contributed by atoms with van der Waals surface area (Å²) in [5.74, 6) is -0.134. The number of carbonyl (C=O) groups is 1. The second-order valence-electron chi connectivity index (χ2n) is 4.66. The molecule has 2 aromatic rings. The lowest BCUT2D eigenvalue weighted by molar-refractivity contribution is -0.114. The van der Waals surface area contributed by atoms with Crippen LogP contribution < -0.4 is 14.8 Å². The smallest absolute Gasteiger partial charge is 0.265 e. The number of rotatable bonds is 5. The first-order chi connectivity index (χ1) is 10.8. The van der Waals surface area contributed by atoms with Gasteiger partial charge in [0.1, 0.15) is 10.6 Å². The molecule has 122 valence electrons. The Morgan fingerprint density at radius 3 is 2.26 bits per heavy atom. The van der Waals surface area contributed by atoms with Crippen LogP contribution in [0.1, 0.15) is 6.92 Å². The van der Waals surface area contributed by atoms with Crippen LogP contribution in [0.5, 0.6) is 5.75 Å². The van der Waals surface area contributed by atoms with Gasteiger partial charge < -0.3 is 10.1 Å². The minimum Gasteiger partial charge on any atom is -0.495 e. The summed E-state index contributed by atoms with van der Waals surface area (Å²) in [5.41, 5.74) is 0.719. The Bertz CT molecular complexity index is 820. The Labute approximate surface area is 139 Å². The van der Waals surface area contributed by atoms with Crippen molar-refractivity contribution in [1.82, 2.24) is 0 Å². The summed E-state index contributed by atoms with van der Waals surface area (Å²) in [6, 6.07) is 10.6. The molecule has 0 heterocycles. The van der Waals surface area contributed by atoms with Crippen molar-refractivity contribution in [3.8, 4) is 5.75 Å². The molecule has 0 radical (unpaired) electrons. The maximum atomic E-state index is 12.6. The van der Waals surface area contributed by atoms with Crippen molar-refractivity contribution in [2.75, 3.05) is 17.1 Å². The van der Waals surface area contributed by atoms with Gasteiger partial charge in [0.2, 0.25) is 5.91 Å². The molecule has 0 aliphatic heterocycles. The van der Waals surface area contributed by atoms with Crippen LogP contribution in [-0.4, -0.2) is 21.4 Å².